The third kappa shape index (κ3) is 4.18. The fourth-order valence-electron chi connectivity index (χ4n) is 1.62. The molecule has 0 radical (unpaired) electrons. The summed E-state index contributed by atoms with van der Waals surface area (Å²) in [5.74, 6) is 0.115. The molecule has 1 rings (SSSR count). The van der Waals surface area contributed by atoms with Crippen molar-refractivity contribution in [1.29, 1.82) is 0 Å². The highest BCUT2D eigenvalue weighted by molar-refractivity contribution is 9.09. The van der Waals surface area contributed by atoms with Gasteiger partial charge in [0.2, 0.25) is 0 Å². The van der Waals surface area contributed by atoms with Crippen molar-refractivity contribution in [1.82, 2.24) is 5.32 Å². The lowest BCUT2D eigenvalue weighted by Crippen LogP contribution is -2.38. The number of hydrogen-bond donors (Lipinski definition) is 2. The molecule has 100 valence electrons. The van der Waals surface area contributed by atoms with Gasteiger partial charge in [-0.25, -0.2) is 0 Å². The Kier molecular flexibility index (Phi) is 5.96. The number of aromatic hydroxyl groups is 1. The molecule has 5 heteroatoms. The summed E-state index contributed by atoms with van der Waals surface area (Å²) in [6.07, 6.45) is 0.847. The van der Waals surface area contributed by atoms with Gasteiger partial charge in [0.05, 0.1) is 10.6 Å². The van der Waals surface area contributed by atoms with Gasteiger partial charge in [-0.1, -0.05) is 41.4 Å². The number of nitrogens with one attached hydrogen (secondary N) is 1. The topological polar surface area (TPSA) is 49.3 Å². The van der Waals surface area contributed by atoms with E-state index in [9.17, 15) is 9.90 Å². The van der Waals surface area contributed by atoms with E-state index in [1.165, 1.54) is 18.2 Å². The average molecular weight is 335 g/mol. The summed E-state index contributed by atoms with van der Waals surface area (Å²) in [5, 5.41) is 13.5. The van der Waals surface area contributed by atoms with E-state index in [1.54, 1.807) is 0 Å². The Morgan fingerprint density at radius 2 is 2.17 bits per heavy atom. The molecular weight excluding hydrogens is 318 g/mol. The summed E-state index contributed by atoms with van der Waals surface area (Å²) < 4.78 is 0. The number of benzene rings is 1. The molecule has 0 spiro atoms. The minimum absolute atomic E-state index is 0.0335. The van der Waals surface area contributed by atoms with Crippen molar-refractivity contribution >= 4 is 33.4 Å². The van der Waals surface area contributed by atoms with Crippen molar-refractivity contribution in [2.75, 3.05) is 5.33 Å². The van der Waals surface area contributed by atoms with Crippen LogP contribution in [-0.2, 0) is 0 Å². The molecule has 0 bridgehead atoms. The highest BCUT2D eigenvalue weighted by atomic mass is 79.9. The van der Waals surface area contributed by atoms with Gasteiger partial charge in [0.25, 0.3) is 5.91 Å². The molecule has 3 nitrogen and oxygen atoms in total. The highest BCUT2D eigenvalue weighted by Gasteiger charge is 2.18. The van der Waals surface area contributed by atoms with Gasteiger partial charge in [0.1, 0.15) is 5.75 Å². The van der Waals surface area contributed by atoms with Crippen LogP contribution in [0.1, 0.15) is 30.6 Å². The summed E-state index contributed by atoms with van der Waals surface area (Å²) in [5.41, 5.74) is 0.303. The van der Waals surface area contributed by atoms with Gasteiger partial charge in [0, 0.05) is 11.4 Å². The van der Waals surface area contributed by atoms with Crippen LogP contribution >= 0.6 is 27.5 Å². The molecule has 18 heavy (non-hydrogen) atoms. The van der Waals surface area contributed by atoms with E-state index in [0.717, 1.165) is 11.8 Å². The summed E-state index contributed by atoms with van der Waals surface area (Å²) >= 11 is 9.32. The summed E-state index contributed by atoms with van der Waals surface area (Å²) in [7, 11) is 0. The molecule has 0 heterocycles. The molecule has 2 N–H and O–H groups in total. The predicted octanol–water partition coefficient (Wildman–Crippen LogP) is 3.59. The quantitative estimate of drug-likeness (QED) is 0.809. The number of carbonyl (C=O) groups is 1. The molecule has 0 aliphatic rings. The molecule has 1 aromatic rings. The van der Waals surface area contributed by atoms with Crippen molar-refractivity contribution in [2.24, 2.45) is 5.92 Å². The highest BCUT2D eigenvalue weighted by Crippen LogP contribution is 2.21. The second-order valence-corrected chi connectivity index (χ2v) is 5.67. The third-order valence-electron chi connectivity index (χ3n) is 2.74. The summed E-state index contributed by atoms with van der Waals surface area (Å²) in [4.78, 5) is 12.1. The Labute approximate surface area is 121 Å². The Morgan fingerprint density at radius 3 is 2.72 bits per heavy atom. The zero-order chi connectivity index (χ0) is 13.7. The standard InChI is InChI=1S/C13H17BrClNO2/c1-8(2)12(5-6-14)16-13(18)10-7-9(17)3-4-11(10)15/h3-4,7-8,12,17H,5-6H2,1-2H3,(H,16,18). The number of amides is 1. The predicted molar refractivity (Wildman–Crippen MR) is 77.6 cm³/mol. The van der Waals surface area contributed by atoms with E-state index >= 15 is 0 Å². The Hall–Kier alpha value is -0.740. The average Bonchev–Trinajstić information content (AvgIpc) is 2.31. The number of phenolic OH excluding ortho intramolecular Hbond substituents is 1. The van der Waals surface area contributed by atoms with Gasteiger partial charge in [-0.2, -0.15) is 0 Å². The SMILES string of the molecule is CC(C)C(CCBr)NC(=O)c1cc(O)ccc1Cl. The molecule has 1 aromatic carbocycles. The lowest BCUT2D eigenvalue weighted by atomic mass is 10.0. The smallest absolute Gasteiger partial charge is 0.253 e. The maximum absolute atomic E-state index is 12.1. The van der Waals surface area contributed by atoms with Gasteiger partial charge in [0.15, 0.2) is 0 Å². The maximum Gasteiger partial charge on any atom is 0.253 e. The monoisotopic (exact) mass is 333 g/mol. The first kappa shape index (κ1) is 15.3. The molecule has 1 atom stereocenters. The van der Waals surface area contributed by atoms with E-state index in [-0.39, 0.29) is 17.7 Å². The van der Waals surface area contributed by atoms with E-state index in [0.29, 0.717) is 16.5 Å². The molecule has 0 saturated carbocycles. The first-order valence-corrected chi connectivity index (χ1v) is 7.31. The molecule has 1 unspecified atom stereocenters. The Bertz CT molecular complexity index is 423. The second-order valence-electron chi connectivity index (χ2n) is 4.47. The van der Waals surface area contributed by atoms with Gasteiger partial charge >= 0.3 is 0 Å². The number of alkyl halides is 1. The number of phenols is 1. The first-order chi connectivity index (χ1) is 8.45. The number of carbonyl (C=O) groups excluding carboxylic acids is 1. The number of rotatable bonds is 5. The van der Waals surface area contributed by atoms with Crippen LogP contribution in [0.3, 0.4) is 0 Å². The largest absolute Gasteiger partial charge is 0.508 e. The Morgan fingerprint density at radius 1 is 1.50 bits per heavy atom. The maximum atomic E-state index is 12.1. The molecule has 0 aliphatic carbocycles. The molecular formula is C13H17BrClNO2. The van der Waals surface area contributed by atoms with Crippen LogP contribution in [0.15, 0.2) is 18.2 Å². The molecule has 0 aliphatic heterocycles. The van der Waals surface area contributed by atoms with E-state index < -0.39 is 0 Å². The summed E-state index contributed by atoms with van der Waals surface area (Å²) in [6.45, 7) is 4.11. The zero-order valence-electron chi connectivity index (χ0n) is 10.4. The van der Waals surface area contributed by atoms with Crippen LogP contribution in [0.2, 0.25) is 5.02 Å². The fourth-order valence-corrected chi connectivity index (χ4v) is 2.32. The van der Waals surface area contributed by atoms with Gasteiger partial charge < -0.3 is 10.4 Å². The molecule has 1 amide bonds. The van der Waals surface area contributed by atoms with Crippen molar-refractivity contribution in [2.45, 2.75) is 26.3 Å². The van der Waals surface area contributed by atoms with Crippen LogP contribution in [0.25, 0.3) is 0 Å². The Balaban J connectivity index is 2.83. The number of halogens is 2. The minimum Gasteiger partial charge on any atom is -0.508 e. The lowest BCUT2D eigenvalue weighted by Gasteiger charge is -2.21. The zero-order valence-corrected chi connectivity index (χ0v) is 12.8. The third-order valence-corrected chi connectivity index (χ3v) is 3.52. The van der Waals surface area contributed by atoms with Crippen LogP contribution in [-0.4, -0.2) is 22.4 Å². The minimum atomic E-state index is -0.254. The molecule has 0 saturated heterocycles. The normalized spacial score (nSPS) is 12.5. The van der Waals surface area contributed by atoms with Crippen molar-refractivity contribution in [3.63, 3.8) is 0 Å². The first-order valence-electron chi connectivity index (χ1n) is 5.81. The molecule has 0 fully saturated rings. The van der Waals surface area contributed by atoms with E-state index in [2.05, 4.69) is 35.1 Å². The summed E-state index contributed by atoms with van der Waals surface area (Å²) in [6, 6.07) is 4.43. The van der Waals surface area contributed by atoms with Crippen LogP contribution < -0.4 is 5.32 Å². The van der Waals surface area contributed by atoms with Crippen molar-refractivity contribution in [3.8, 4) is 5.75 Å². The fraction of sp³-hybridized carbons (Fsp3) is 0.462. The van der Waals surface area contributed by atoms with E-state index in [1.807, 2.05) is 0 Å². The second kappa shape index (κ2) is 7.00. The number of hydrogen-bond acceptors (Lipinski definition) is 2. The van der Waals surface area contributed by atoms with Crippen molar-refractivity contribution in [3.05, 3.63) is 28.8 Å². The van der Waals surface area contributed by atoms with Crippen LogP contribution in [0.5, 0.6) is 5.75 Å². The van der Waals surface area contributed by atoms with Gasteiger partial charge in [-0.3, -0.25) is 4.79 Å². The molecule has 0 aromatic heterocycles. The van der Waals surface area contributed by atoms with Crippen LogP contribution in [0.4, 0.5) is 0 Å². The lowest BCUT2D eigenvalue weighted by molar-refractivity contribution is 0.0925. The van der Waals surface area contributed by atoms with E-state index in [4.69, 9.17) is 11.6 Å². The van der Waals surface area contributed by atoms with Gasteiger partial charge in [-0.05, 0) is 30.5 Å². The van der Waals surface area contributed by atoms with Gasteiger partial charge in [-0.15, -0.1) is 0 Å². The van der Waals surface area contributed by atoms with Crippen LogP contribution in [0, 0.1) is 5.92 Å². The van der Waals surface area contributed by atoms with Crippen molar-refractivity contribution < 1.29 is 9.90 Å².